The number of amides is 1. The Kier molecular flexibility index (Phi) is 8.51. The summed E-state index contributed by atoms with van der Waals surface area (Å²) in [4.78, 5) is 12.1. The van der Waals surface area contributed by atoms with Crippen LogP contribution in [0.4, 0.5) is 0 Å². The molecule has 2 rings (SSSR count). The van der Waals surface area contributed by atoms with E-state index in [4.69, 9.17) is 0 Å². The Hall–Kier alpha value is -1.06. The number of hydrogen-bond donors (Lipinski definition) is 2. The van der Waals surface area contributed by atoms with Gasteiger partial charge in [0, 0.05) is 13.0 Å². The van der Waals surface area contributed by atoms with Crippen LogP contribution >= 0.6 is 12.4 Å². The van der Waals surface area contributed by atoms with Crippen molar-refractivity contribution in [3.05, 3.63) is 35.4 Å². The number of aryl methyl sites for hydroxylation is 1. The van der Waals surface area contributed by atoms with Gasteiger partial charge in [-0.25, -0.2) is 0 Å². The summed E-state index contributed by atoms with van der Waals surface area (Å²) >= 11 is 0. The van der Waals surface area contributed by atoms with E-state index < -0.39 is 0 Å². The fourth-order valence-electron chi connectivity index (χ4n) is 3.01. The number of hydrogen-bond acceptors (Lipinski definition) is 2. The van der Waals surface area contributed by atoms with Gasteiger partial charge in [0.25, 0.3) is 0 Å². The average Bonchev–Trinajstić information content (AvgIpc) is 2.99. The molecule has 2 unspecified atom stereocenters. The molecule has 124 valence electrons. The van der Waals surface area contributed by atoms with Crippen LogP contribution in [0.2, 0.25) is 0 Å². The highest BCUT2D eigenvalue weighted by Crippen LogP contribution is 2.23. The van der Waals surface area contributed by atoms with Crippen molar-refractivity contribution in [1.82, 2.24) is 10.6 Å². The molecule has 1 amide bonds. The maximum atomic E-state index is 12.1. The molecule has 1 aromatic carbocycles. The van der Waals surface area contributed by atoms with Crippen LogP contribution in [-0.4, -0.2) is 25.5 Å². The minimum Gasteiger partial charge on any atom is -0.356 e. The summed E-state index contributed by atoms with van der Waals surface area (Å²) in [7, 11) is 0. The van der Waals surface area contributed by atoms with Gasteiger partial charge < -0.3 is 10.6 Å². The topological polar surface area (TPSA) is 41.1 Å². The fourth-order valence-corrected chi connectivity index (χ4v) is 3.01. The number of carbonyl (C=O) groups excluding carboxylic acids is 1. The van der Waals surface area contributed by atoms with E-state index in [9.17, 15) is 4.79 Å². The molecule has 0 saturated carbocycles. The molecule has 2 atom stereocenters. The van der Waals surface area contributed by atoms with Gasteiger partial charge in [-0.05, 0) is 56.7 Å². The van der Waals surface area contributed by atoms with Gasteiger partial charge in [0.1, 0.15) is 0 Å². The smallest absolute Gasteiger partial charge is 0.220 e. The second-order valence-corrected chi connectivity index (χ2v) is 6.22. The van der Waals surface area contributed by atoms with Gasteiger partial charge in [-0.1, -0.05) is 36.8 Å². The van der Waals surface area contributed by atoms with Gasteiger partial charge in [0.2, 0.25) is 5.91 Å². The van der Waals surface area contributed by atoms with Gasteiger partial charge >= 0.3 is 0 Å². The Labute approximate surface area is 140 Å². The summed E-state index contributed by atoms with van der Waals surface area (Å²) in [6.07, 6.45) is 3.95. The molecule has 1 fully saturated rings. The summed E-state index contributed by atoms with van der Waals surface area (Å²) in [6.45, 7) is 7.30. The molecule has 4 heteroatoms. The first kappa shape index (κ1) is 19.0. The Balaban J connectivity index is 0.00000242. The van der Waals surface area contributed by atoms with Crippen LogP contribution in [0.15, 0.2) is 24.3 Å². The van der Waals surface area contributed by atoms with E-state index in [0.29, 0.717) is 12.3 Å². The molecule has 0 aliphatic carbocycles. The number of rotatable bonds is 7. The van der Waals surface area contributed by atoms with Crippen molar-refractivity contribution >= 4 is 18.3 Å². The van der Waals surface area contributed by atoms with Gasteiger partial charge in [-0.15, -0.1) is 12.4 Å². The zero-order valence-electron chi connectivity index (χ0n) is 13.7. The Morgan fingerprint density at radius 2 is 2.09 bits per heavy atom. The molecule has 1 aliphatic rings. The molecule has 1 saturated heterocycles. The molecule has 2 N–H and O–H groups in total. The molecule has 1 aliphatic heterocycles. The standard InChI is InChI=1S/C18H28N2O.ClH/c1-3-16(17-6-4-14(2)5-7-17)12-18(21)20-11-9-15-8-10-19-13-15;/h4-7,15-16,19H,3,8-13H2,1-2H3,(H,20,21);1H. The zero-order chi connectivity index (χ0) is 15.1. The van der Waals surface area contributed by atoms with Crippen molar-refractivity contribution in [1.29, 1.82) is 0 Å². The molecule has 3 nitrogen and oxygen atoms in total. The molecular weight excluding hydrogens is 296 g/mol. The molecule has 0 spiro atoms. The summed E-state index contributed by atoms with van der Waals surface area (Å²) in [6, 6.07) is 8.56. The molecule has 22 heavy (non-hydrogen) atoms. The highest BCUT2D eigenvalue weighted by atomic mass is 35.5. The van der Waals surface area contributed by atoms with Crippen LogP contribution < -0.4 is 10.6 Å². The third-order valence-electron chi connectivity index (χ3n) is 4.51. The van der Waals surface area contributed by atoms with E-state index in [1.54, 1.807) is 0 Å². The predicted molar refractivity (Wildman–Crippen MR) is 94.7 cm³/mol. The third-order valence-corrected chi connectivity index (χ3v) is 4.51. The van der Waals surface area contributed by atoms with E-state index in [2.05, 4.69) is 48.7 Å². The van der Waals surface area contributed by atoms with E-state index in [1.165, 1.54) is 17.5 Å². The number of nitrogens with one attached hydrogen (secondary N) is 2. The maximum absolute atomic E-state index is 12.1. The predicted octanol–water partition coefficient (Wildman–Crippen LogP) is 3.42. The fraction of sp³-hybridized carbons (Fsp3) is 0.611. The average molecular weight is 325 g/mol. The lowest BCUT2D eigenvalue weighted by atomic mass is 9.92. The SMILES string of the molecule is CCC(CC(=O)NCCC1CCNC1)c1ccc(C)cc1.Cl. The van der Waals surface area contributed by atoms with Crippen LogP contribution in [0.1, 0.15) is 49.7 Å². The normalized spacial score (nSPS) is 18.5. The van der Waals surface area contributed by atoms with Crippen LogP contribution in [0.5, 0.6) is 0 Å². The summed E-state index contributed by atoms with van der Waals surface area (Å²) in [5, 5.41) is 6.45. The van der Waals surface area contributed by atoms with Crippen LogP contribution in [0.25, 0.3) is 0 Å². The molecule has 0 bridgehead atoms. The lowest BCUT2D eigenvalue weighted by Gasteiger charge is -2.16. The van der Waals surface area contributed by atoms with Crippen LogP contribution in [0, 0.1) is 12.8 Å². The van der Waals surface area contributed by atoms with Crippen molar-refractivity contribution in [2.75, 3.05) is 19.6 Å². The molecular formula is C18H29ClN2O. The minimum atomic E-state index is 0. The summed E-state index contributed by atoms with van der Waals surface area (Å²) in [5.74, 6) is 1.26. The van der Waals surface area contributed by atoms with Crippen molar-refractivity contribution in [3.63, 3.8) is 0 Å². The quantitative estimate of drug-likeness (QED) is 0.807. The van der Waals surface area contributed by atoms with E-state index in [-0.39, 0.29) is 18.3 Å². The van der Waals surface area contributed by atoms with Gasteiger partial charge in [-0.3, -0.25) is 4.79 Å². The van der Waals surface area contributed by atoms with Gasteiger partial charge in [-0.2, -0.15) is 0 Å². The lowest BCUT2D eigenvalue weighted by Crippen LogP contribution is -2.27. The first-order valence-electron chi connectivity index (χ1n) is 8.23. The van der Waals surface area contributed by atoms with Crippen LogP contribution in [-0.2, 0) is 4.79 Å². The van der Waals surface area contributed by atoms with E-state index >= 15 is 0 Å². The van der Waals surface area contributed by atoms with Crippen molar-refractivity contribution < 1.29 is 4.79 Å². The van der Waals surface area contributed by atoms with E-state index in [1.807, 2.05) is 0 Å². The van der Waals surface area contributed by atoms with Crippen molar-refractivity contribution in [2.24, 2.45) is 5.92 Å². The summed E-state index contributed by atoms with van der Waals surface area (Å²) in [5.41, 5.74) is 2.54. The van der Waals surface area contributed by atoms with E-state index in [0.717, 1.165) is 38.4 Å². The second kappa shape index (κ2) is 9.86. The molecule has 0 aromatic heterocycles. The van der Waals surface area contributed by atoms with Gasteiger partial charge in [0.05, 0.1) is 0 Å². The Morgan fingerprint density at radius 3 is 2.68 bits per heavy atom. The maximum Gasteiger partial charge on any atom is 0.220 e. The van der Waals surface area contributed by atoms with Gasteiger partial charge in [0.15, 0.2) is 0 Å². The second-order valence-electron chi connectivity index (χ2n) is 6.22. The zero-order valence-corrected chi connectivity index (χ0v) is 14.5. The number of carbonyl (C=O) groups is 1. The molecule has 1 heterocycles. The summed E-state index contributed by atoms with van der Waals surface area (Å²) < 4.78 is 0. The van der Waals surface area contributed by atoms with Crippen molar-refractivity contribution in [2.45, 2.75) is 45.4 Å². The monoisotopic (exact) mass is 324 g/mol. The Morgan fingerprint density at radius 1 is 1.36 bits per heavy atom. The first-order chi connectivity index (χ1) is 10.2. The Bertz CT molecular complexity index is 441. The number of benzene rings is 1. The third kappa shape index (κ3) is 5.98. The number of halogens is 1. The first-order valence-corrected chi connectivity index (χ1v) is 8.23. The van der Waals surface area contributed by atoms with Crippen molar-refractivity contribution in [3.8, 4) is 0 Å². The lowest BCUT2D eigenvalue weighted by molar-refractivity contribution is -0.121. The minimum absolute atomic E-state index is 0. The largest absolute Gasteiger partial charge is 0.356 e. The highest BCUT2D eigenvalue weighted by Gasteiger charge is 2.16. The highest BCUT2D eigenvalue weighted by molar-refractivity contribution is 5.85. The molecule has 0 radical (unpaired) electrons. The molecule has 1 aromatic rings. The van der Waals surface area contributed by atoms with Crippen LogP contribution in [0.3, 0.4) is 0 Å².